The highest BCUT2D eigenvalue weighted by molar-refractivity contribution is 5.79. The molecule has 6 nitrogen and oxygen atoms in total. The van der Waals surface area contributed by atoms with E-state index in [1.165, 1.54) is 0 Å². The molecule has 0 radical (unpaired) electrons. The molecule has 0 aliphatic carbocycles. The van der Waals surface area contributed by atoms with Crippen molar-refractivity contribution in [1.82, 2.24) is 4.90 Å². The van der Waals surface area contributed by atoms with E-state index in [1.54, 1.807) is 6.08 Å². The maximum Gasteiger partial charge on any atom is 0.303 e. The van der Waals surface area contributed by atoms with Gasteiger partial charge in [0, 0.05) is 25.8 Å². The van der Waals surface area contributed by atoms with Crippen LogP contribution in [0.2, 0.25) is 0 Å². The van der Waals surface area contributed by atoms with Gasteiger partial charge in [0.15, 0.2) is 0 Å². The van der Waals surface area contributed by atoms with E-state index in [0.29, 0.717) is 32.4 Å². The molecule has 1 fully saturated rings. The van der Waals surface area contributed by atoms with Gasteiger partial charge in [-0.25, -0.2) is 0 Å². The largest absolute Gasteiger partial charge is 0.494 e. The number of ether oxygens (including phenoxy) is 1. The average molecular weight is 404 g/mol. The number of carbonyl (C=O) groups excluding carboxylic acids is 1. The van der Waals surface area contributed by atoms with Crippen LogP contribution in [0, 0.1) is 0 Å². The zero-order valence-electron chi connectivity index (χ0n) is 17.3. The first-order valence-corrected chi connectivity index (χ1v) is 10.6. The Hall–Kier alpha value is -2.34. The lowest BCUT2D eigenvalue weighted by atomic mass is 10.1. The third kappa shape index (κ3) is 8.28. The molecule has 160 valence electrons. The van der Waals surface area contributed by atoms with Gasteiger partial charge in [0.25, 0.3) is 0 Å². The molecule has 6 heteroatoms. The minimum Gasteiger partial charge on any atom is -0.494 e. The number of aliphatic carboxylic acids is 1. The number of aliphatic hydroxyl groups is 1. The number of unbranched alkanes of at least 4 members (excludes halogenated alkanes) is 3. The van der Waals surface area contributed by atoms with Gasteiger partial charge in [-0.2, -0.15) is 0 Å². The predicted molar refractivity (Wildman–Crippen MR) is 112 cm³/mol. The van der Waals surface area contributed by atoms with Gasteiger partial charge < -0.3 is 19.8 Å². The van der Waals surface area contributed by atoms with Crippen LogP contribution in [-0.4, -0.2) is 52.3 Å². The van der Waals surface area contributed by atoms with E-state index in [9.17, 15) is 14.7 Å². The van der Waals surface area contributed by atoms with Gasteiger partial charge in [-0.1, -0.05) is 37.1 Å². The van der Waals surface area contributed by atoms with E-state index >= 15 is 0 Å². The molecule has 1 saturated heterocycles. The molecule has 0 bridgehead atoms. The van der Waals surface area contributed by atoms with Gasteiger partial charge in [-0.3, -0.25) is 9.59 Å². The van der Waals surface area contributed by atoms with Crippen LogP contribution in [0.1, 0.15) is 57.4 Å². The molecule has 1 heterocycles. The molecule has 0 saturated carbocycles. The number of amides is 1. The Morgan fingerprint density at radius 2 is 2.10 bits per heavy atom. The van der Waals surface area contributed by atoms with E-state index in [2.05, 4.69) is 0 Å². The number of likely N-dealkylation sites (tertiary alicyclic amines) is 1. The van der Waals surface area contributed by atoms with Crippen molar-refractivity contribution in [3.8, 4) is 5.75 Å². The van der Waals surface area contributed by atoms with Gasteiger partial charge in [0.1, 0.15) is 5.75 Å². The van der Waals surface area contributed by atoms with E-state index < -0.39 is 12.1 Å². The third-order valence-electron chi connectivity index (χ3n) is 5.12. The van der Waals surface area contributed by atoms with Crippen molar-refractivity contribution < 1.29 is 24.5 Å². The molecule has 0 aromatic heterocycles. The van der Waals surface area contributed by atoms with Crippen LogP contribution < -0.4 is 4.74 Å². The van der Waals surface area contributed by atoms with Crippen molar-refractivity contribution in [2.75, 3.05) is 13.2 Å². The standard InChI is InChI=1S/C23H33NO5/c1-2-29-21-9-7-8-18(17-21)16-20(25)13-11-19-12-14-22(26)24(19)15-6-4-3-5-10-23(27)28/h7-9,11,13,17,19-20,25H,2-6,10,12,14-16H2,1H3,(H,27,28)/b13-11+/t19-,20?/m0/s1. The zero-order chi connectivity index (χ0) is 21.1. The van der Waals surface area contributed by atoms with Crippen LogP contribution >= 0.6 is 0 Å². The number of hydrogen-bond donors (Lipinski definition) is 2. The van der Waals surface area contributed by atoms with E-state index in [-0.39, 0.29) is 18.4 Å². The van der Waals surface area contributed by atoms with Gasteiger partial charge in [-0.15, -0.1) is 0 Å². The van der Waals surface area contributed by atoms with E-state index in [1.807, 2.05) is 42.2 Å². The Bertz CT molecular complexity index is 688. The van der Waals surface area contributed by atoms with Crippen molar-refractivity contribution in [3.63, 3.8) is 0 Å². The molecule has 2 atom stereocenters. The topological polar surface area (TPSA) is 87.1 Å². The third-order valence-corrected chi connectivity index (χ3v) is 5.12. The van der Waals surface area contributed by atoms with Crippen molar-refractivity contribution in [1.29, 1.82) is 0 Å². The Balaban J connectivity index is 1.79. The van der Waals surface area contributed by atoms with Gasteiger partial charge in [-0.05, 0) is 43.9 Å². The summed E-state index contributed by atoms with van der Waals surface area (Å²) in [7, 11) is 0. The molecule has 29 heavy (non-hydrogen) atoms. The van der Waals surface area contributed by atoms with Crippen molar-refractivity contribution in [2.45, 2.75) is 70.4 Å². The number of nitrogens with zero attached hydrogens (tertiary/aromatic N) is 1. The highest BCUT2D eigenvalue weighted by atomic mass is 16.5. The fourth-order valence-corrected chi connectivity index (χ4v) is 3.65. The van der Waals surface area contributed by atoms with Crippen LogP contribution in [0.25, 0.3) is 0 Å². The quantitative estimate of drug-likeness (QED) is 0.388. The molecule has 2 N–H and O–H groups in total. The van der Waals surface area contributed by atoms with Crippen LogP contribution in [0.3, 0.4) is 0 Å². The highest BCUT2D eigenvalue weighted by Gasteiger charge is 2.28. The first-order valence-electron chi connectivity index (χ1n) is 10.6. The minimum atomic E-state index is -0.756. The molecule has 0 spiro atoms. The summed E-state index contributed by atoms with van der Waals surface area (Å²) in [6.45, 7) is 3.24. The lowest BCUT2D eigenvalue weighted by Crippen LogP contribution is -2.32. The number of aliphatic hydroxyl groups excluding tert-OH is 1. The van der Waals surface area contributed by atoms with Crippen molar-refractivity contribution in [3.05, 3.63) is 42.0 Å². The number of carboxylic acid groups (broad SMARTS) is 1. The van der Waals surface area contributed by atoms with Crippen LogP contribution in [0.4, 0.5) is 0 Å². The van der Waals surface area contributed by atoms with Crippen molar-refractivity contribution in [2.24, 2.45) is 0 Å². The normalized spacial score (nSPS) is 17.8. The average Bonchev–Trinajstić information content (AvgIpc) is 3.03. The summed E-state index contributed by atoms with van der Waals surface area (Å²) in [4.78, 5) is 24.6. The minimum absolute atomic E-state index is 0.0333. The second kappa shape index (κ2) is 12.3. The SMILES string of the molecule is CCOc1cccc(CC(O)/C=C/[C@H]2CCC(=O)N2CCCCCCC(=O)O)c1. The molecule has 1 aliphatic rings. The first kappa shape index (κ1) is 22.9. The summed E-state index contributed by atoms with van der Waals surface area (Å²) < 4.78 is 5.50. The van der Waals surface area contributed by atoms with Crippen LogP contribution in [0.15, 0.2) is 36.4 Å². The Morgan fingerprint density at radius 1 is 1.31 bits per heavy atom. The fourth-order valence-electron chi connectivity index (χ4n) is 3.65. The Labute approximate surface area is 173 Å². The monoisotopic (exact) mass is 403 g/mol. The molecule has 1 unspecified atom stereocenters. The van der Waals surface area contributed by atoms with Gasteiger partial charge in [0.2, 0.25) is 5.91 Å². The lowest BCUT2D eigenvalue weighted by molar-refractivity contribution is -0.137. The second-order valence-electron chi connectivity index (χ2n) is 7.49. The first-order chi connectivity index (χ1) is 14.0. The number of rotatable bonds is 13. The summed E-state index contributed by atoms with van der Waals surface area (Å²) in [5, 5.41) is 19.0. The Morgan fingerprint density at radius 3 is 2.86 bits per heavy atom. The summed E-state index contributed by atoms with van der Waals surface area (Å²) >= 11 is 0. The smallest absolute Gasteiger partial charge is 0.303 e. The number of benzene rings is 1. The number of carbonyl (C=O) groups is 2. The summed E-state index contributed by atoms with van der Waals surface area (Å²) in [5.41, 5.74) is 1.01. The molecule has 1 amide bonds. The molecule has 2 rings (SSSR count). The van der Waals surface area contributed by atoms with Crippen LogP contribution in [-0.2, 0) is 16.0 Å². The molecule has 1 aliphatic heterocycles. The predicted octanol–water partition coefficient (Wildman–Crippen LogP) is 3.57. The van der Waals surface area contributed by atoms with Crippen molar-refractivity contribution >= 4 is 11.9 Å². The number of hydrogen-bond acceptors (Lipinski definition) is 4. The van der Waals surface area contributed by atoms with E-state index in [4.69, 9.17) is 9.84 Å². The maximum atomic E-state index is 12.2. The summed E-state index contributed by atoms with van der Waals surface area (Å²) in [5.74, 6) is 0.203. The maximum absolute atomic E-state index is 12.2. The fraction of sp³-hybridized carbons (Fsp3) is 0.565. The Kier molecular flexibility index (Phi) is 9.71. The highest BCUT2D eigenvalue weighted by Crippen LogP contribution is 2.21. The van der Waals surface area contributed by atoms with Gasteiger partial charge >= 0.3 is 5.97 Å². The van der Waals surface area contributed by atoms with Crippen LogP contribution in [0.5, 0.6) is 5.75 Å². The lowest BCUT2D eigenvalue weighted by Gasteiger charge is -2.22. The zero-order valence-corrected chi connectivity index (χ0v) is 17.3. The van der Waals surface area contributed by atoms with Gasteiger partial charge in [0.05, 0.1) is 18.8 Å². The summed E-state index contributed by atoms with van der Waals surface area (Å²) in [6, 6.07) is 7.76. The number of carboxylic acids is 1. The van der Waals surface area contributed by atoms with E-state index in [0.717, 1.165) is 37.0 Å². The molecular formula is C23H33NO5. The summed E-state index contributed by atoms with van der Waals surface area (Å²) in [6.07, 6.45) is 8.51. The molecule has 1 aromatic rings. The molecular weight excluding hydrogens is 370 g/mol. The molecule has 1 aromatic carbocycles. The second-order valence-corrected chi connectivity index (χ2v) is 7.49.